The first kappa shape index (κ1) is 10.8. The molecule has 0 aromatic rings. The molecule has 1 amide bonds. The first-order valence-electron chi connectivity index (χ1n) is 5.38. The fourth-order valence-corrected chi connectivity index (χ4v) is 2.76. The van der Waals surface area contributed by atoms with E-state index in [-0.39, 0.29) is 17.0 Å². The summed E-state index contributed by atoms with van der Waals surface area (Å²) in [5.41, 5.74) is -0.813. The summed E-state index contributed by atoms with van der Waals surface area (Å²) in [6.45, 7) is 1.81. The molecule has 0 radical (unpaired) electrons. The van der Waals surface area contributed by atoms with E-state index in [1.165, 1.54) is 6.42 Å². The van der Waals surface area contributed by atoms with Gasteiger partial charge >= 0.3 is 0 Å². The van der Waals surface area contributed by atoms with Crippen LogP contribution in [0.15, 0.2) is 0 Å². The van der Waals surface area contributed by atoms with Crippen molar-refractivity contribution in [1.82, 2.24) is 5.01 Å². The van der Waals surface area contributed by atoms with E-state index in [0.717, 1.165) is 30.7 Å². The fraction of sp³-hybridized carbons (Fsp3) is 0.800. The molecule has 0 bridgehead atoms. The number of nitrogens with two attached hydrogens (primary N) is 1. The van der Waals surface area contributed by atoms with E-state index >= 15 is 0 Å². The topological polar surface area (TPSA) is 55.6 Å². The van der Waals surface area contributed by atoms with Gasteiger partial charge in [-0.3, -0.25) is 4.79 Å². The third-order valence-corrected chi connectivity index (χ3v) is 3.80. The van der Waals surface area contributed by atoms with E-state index in [9.17, 15) is 4.79 Å². The highest BCUT2D eigenvalue weighted by molar-refractivity contribution is 7.80. The maximum atomic E-state index is 11.9. The van der Waals surface area contributed by atoms with E-state index in [2.05, 4.69) is 0 Å². The Balaban J connectivity index is 2.18. The van der Waals surface area contributed by atoms with Crippen molar-refractivity contribution in [3.05, 3.63) is 0 Å². The Bertz CT molecular complexity index is 302. The van der Waals surface area contributed by atoms with Crippen LogP contribution in [0.4, 0.5) is 0 Å². The molecule has 1 saturated carbocycles. The molecule has 0 aromatic heterocycles. The molecule has 1 unspecified atom stereocenters. The van der Waals surface area contributed by atoms with Crippen molar-refractivity contribution in [2.45, 2.75) is 44.6 Å². The van der Waals surface area contributed by atoms with Gasteiger partial charge < -0.3 is 4.74 Å². The molecule has 15 heavy (non-hydrogen) atoms. The molecule has 1 saturated heterocycles. The lowest BCUT2D eigenvalue weighted by atomic mass is 9.77. The summed E-state index contributed by atoms with van der Waals surface area (Å²) >= 11 is 4.89. The van der Waals surface area contributed by atoms with Crippen LogP contribution < -0.4 is 5.84 Å². The van der Waals surface area contributed by atoms with Crippen LogP contribution in [-0.4, -0.2) is 21.7 Å². The fourth-order valence-electron chi connectivity index (χ4n) is 2.51. The molecule has 1 heterocycles. The highest BCUT2D eigenvalue weighted by Gasteiger charge is 2.52. The van der Waals surface area contributed by atoms with Gasteiger partial charge in [0.25, 0.3) is 11.1 Å². The second-order valence-corrected chi connectivity index (χ2v) is 4.83. The SMILES string of the molecule is CC1(C2CCCCC2)OC(=S)N(N)C1=O. The van der Waals surface area contributed by atoms with Gasteiger partial charge in [0.1, 0.15) is 0 Å². The molecule has 2 rings (SSSR count). The lowest BCUT2D eigenvalue weighted by Crippen LogP contribution is -2.47. The summed E-state index contributed by atoms with van der Waals surface area (Å²) in [5.74, 6) is 5.58. The molecule has 1 aliphatic carbocycles. The van der Waals surface area contributed by atoms with Crippen molar-refractivity contribution in [3.8, 4) is 0 Å². The van der Waals surface area contributed by atoms with E-state index in [1.807, 2.05) is 6.92 Å². The first-order valence-corrected chi connectivity index (χ1v) is 5.79. The Morgan fingerprint density at radius 2 is 2.07 bits per heavy atom. The molecule has 4 nitrogen and oxygen atoms in total. The zero-order chi connectivity index (χ0) is 11.1. The maximum Gasteiger partial charge on any atom is 0.288 e. The lowest BCUT2D eigenvalue weighted by molar-refractivity contribution is -0.140. The number of carbonyl (C=O) groups is 1. The lowest BCUT2D eigenvalue weighted by Gasteiger charge is -2.32. The third kappa shape index (κ3) is 1.63. The second kappa shape index (κ2) is 3.72. The maximum absolute atomic E-state index is 11.9. The molecule has 2 aliphatic rings. The zero-order valence-corrected chi connectivity index (χ0v) is 9.68. The summed E-state index contributed by atoms with van der Waals surface area (Å²) in [5, 5.41) is 1.07. The van der Waals surface area contributed by atoms with E-state index in [1.54, 1.807) is 0 Å². The molecular formula is C10H16N2O2S. The number of rotatable bonds is 1. The molecule has 1 atom stereocenters. The van der Waals surface area contributed by atoms with Gasteiger partial charge in [0.2, 0.25) is 0 Å². The van der Waals surface area contributed by atoms with E-state index < -0.39 is 5.60 Å². The number of hydrazine groups is 1. The third-order valence-electron chi connectivity index (χ3n) is 3.52. The summed E-state index contributed by atoms with van der Waals surface area (Å²) < 4.78 is 5.50. The van der Waals surface area contributed by atoms with Gasteiger partial charge in [-0.1, -0.05) is 19.3 Å². The minimum atomic E-state index is -0.813. The molecule has 2 N–H and O–H groups in total. The van der Waals surface area contributed by atoms with Crippen LogP contribution in [0.3, 0.4) is 0 Å². The van der Waals surface area contributed by atoms with Crippen LogP contribution in [0.2, 0.25) is 0 Å². The Labute approximate surface area is 94.7 Å². The quantitative estimate of drug-likeness (QED) is 0.418. The molecule has 5 heteroatoms. The monoisotopic (exact) mass is 228 g/mol. The van der Waals surface area contributed by atoms with Crippen LogP contribution in [0.1, 0.15) is 39.0 Å². The summed E-state index contributed by atoms with van der Waals surface area (Å²) in [6, 6.07) is 0. The van der Waals surface area contributed by atoms with Gasteiger partial charge in [-0.25, -0.2) is 10.9 Å². The second-order valence-electron chi connectivity index (χ2n) is 4.49. The van der Waals surface area contributed by atoms with Crippen molar-refractivity contribution >= 4 is 23.3 Å². The number of hydrogen-bond acceptors (Lipinski definition) is 4. The summed E-state index contributed by atoms with van der Waals surface area (Å²) in [4.78, 5) is 11.9. The molecule has 2 fully saturated rings. The van der Waals surface area contributed by atoms with Crippen LogP contribution in [0.25, 0.3) is 0 Å². The Morgan fingerprint density at radius 3 is 2.53 bits per heavy atom. The Kier molecular flexibility index (Phi) is 2.68. The number of nitrogens with zero attached hydrogens (tertiary/aromatic N) is 1. The van der Waals surface area contributed by atoms with Gasteiger partial charge in [0.15, 0.2) is 5.60 Å². The highest BCUT2D eigenvalue weighted by Crippen LogP contribution is 2.38. The van der Waals surface area contributed by atoms with Crippen molar-refractivity contribution in [2.75, 3.05) is 0 Å². The minimum Gasteiger partial charge on any atom is -0.453 e. The molecule has 0 aromatic carbocycles. The average Bonchev–Trinajstić information content (AvgIpc) is 2.45. The average molecular weight is 228 g/mol. The van der Waals surface area contributed by atoms with Crippen molar-refractivity contribution in [3.63, 3.8) is 0 Å². The van der Waals surface area contributed by atoms with E-state index in [4.69, 9.17) is 22.8 Å². The summed E-state index contributed by atoms with van der Waals surface area (Å²) in [7, 11) is 0. The highest BCUT2D eigenvalue weighted by atomic mass is 32.1. The Hall–Kier alpha value is -0.680. The van der Waals surface area contributed by atoms with Gasteiger partial charge in [-0.15, -0.1) is 0 Å². The summed E-state index contributed by atoms with van der Waals surface area (Å²) in [6.07, 6.45) is 5.62. The van der Waals surface area contributed by atoms with E-state index in [0.29, 0.717) is 0 Å². The van der Waals surface area contributed by atoms with Crippen LogP contribution in [-0.2, 0) is 9.53 Å². The van der Waals surface area contributed by atoms with Crippen molar-refractivity contribution < 1.29 is 9.53 Å². The number of thiocarbonyl (C=S) groups is 1. The number of hydrogen-bond donors (Lipinski definition) is 1. The van der Waals surface area contributed by atoms with Gasteiger partial charge in [-0.2, -0.15) is 0 Å². The largest absolute Gasteiger partial charge is 0.453 e. The molecular weight excluding hydrogens is 212 g/mol. The molecule has 84 valence electrons. The van der Waals surface area contributed by atoms with Gasteiger partial charge in [0, 0.05) is 5.92 Å². The molecule has 0 spiro atoms. The number of amides is 1. The minimum absolute atomic E-state index is 0.105. The van der Waals surface area contributed by atoms with Gasteiger partial charge in [0.05, 0.1) is 0 Å². The van der Waals surface area contributed by atoms with Crippen LogP contribution >= 0.6 is 12.2 Å². The van der Waals surface area contributed by atoms with Crippen molar-refractivity contribution in [2.24, 2.45) is 11.8 Å². The molecule has 1 aliphatic heterocycles. The smallest absolute Gasteiger partial charge is 0.288 e. The van der Waals surface area contributed by atoms with Crippen LogP contribution in [0, 0.1) is 5.92 Å². The number of ether oxygens (including phenoxy) is 1. The number of carbonyl (C=O) groups excluding carboxylic acids is 1. The predicted octanol–water partition coefficient (Wildman–Crippen LogP) is 1.34. The van der Waals surface area contributed by atoms with Crippen LogP contribution in [0.5, 0.6) is 0 Å². The van der Waals surface area contributed by atoms with Gasteiger partial charge in [-0.05, 0) is 32.0 Å². The first-order chi connectivity index (χ1) is 7.05. The zero-order valence-electron chi connectivity index (χ0n) is 8.86. The Morgan fingerprint density at radius 1 is 1.47 bits per heavy atom. The predicted molar refractivity (Wildman–Crippen MR) is 59.7 cm³/mol. The standard InChI is InChI=1S/C10H16N2O2S/c1-10(7-5-3-2-4-6-7)8(13)12(11)9(15)14-10/h7H,2-6,11H2,1H3. The van der Waals surface area contributed by atoms with Crippen molar-refractivity contribution in [1.29, 1.82) is 0 Å². The normalized spacial score (nSPS) is 33.3.